The van der Waals surface area contributed by atoms with E-state index >= 15 is 0 Å². The number of methoxy groups -OCH3 is 1. The predicted octanol–water partition coefficient (Wildman–Crippen LogP) is 9.39. The van der Waals surface area contributed by atoms with Crippen LogP contribution in [0, 0.1) is 5.82 Å². The highest BCUT2D eigenvalue weighted by Gasteiger charge is 2.45. The molecule has 3 aromatic heterocycles. The third kappa shape index (κ3) is 9.60. The Balaban J connectivity index is 0.000000171. The van der Waals surface area contributed by atoms with E-state index in [0.717, 1.165) is 70.3 Å². The highest BCUT2D eigenvalue weighted by Crippen LogP contribution is 2.49. The summed E-state index contributed by atoms with van der Waals surface area (Å²) in [6.07, 6.45) is 10.5. The average molecular weight is 1150 g/mol. The van der Waals surface area contributed by atoms with Crippen LogP contribution in [0.5, 0.6) is 0 Å². The van der Waals surface area contributed by atoms with Crippen LogP contribution in [0.3, 0.4) is 0 Å². The second-order valence-electron chi connectivity index (χ2n) is 18.5. The van der Waals surface area contributed by atoms with Crippen LogP contribution in [0.1, 0.15) is 131 Å². The fraction of sp³-hybridized carbons (Fsp3) is 0.429. The van der Waals surface area contributed by atoms with Crippen molar-refractivity contribution in [2.75, 3.05) is 12.0 Å². The summed E-state index contributed by atoms with van der Waals surface area (Å²) in [7, 11) is 1.26. The Hall–Kier alpha value is -4.04. The summed E-state index contributed by atoms with van der Waals surface area (Å²) < 4.78 is 43.4. The van der Waals surface area contributed by atoms with Crippen LogP contribution in [0.25, 0.3) is 32.7 Å². The summed E-state index contributed by atoms with van der Waals surface area (Å²) in [5, 5.41) is 14.3. The molecule has 12 rings (SSSR count). The Morgan fingerprint density at radius 3 is 1.64 bits per heavy atom. The molecule has 0 amide bonds. The van der Waals surface area contributed by atoms with Gasteiger partial charge in [-0.2, -0.15) is 0 Å². The summed E-state index contributed by atoms with van der Waals surface area (Å²) in [6.45, 7) is 0. The second-order valence-corrected chi connectivity index (χ2v) is 21.1. The van der Waals surface area contributed by atoms with E-state index in [1.807, 2.05) is 0 Å². The molecule has 7 heterocycles. The van der Waals surface area contributed by atoms with Gasteiger partial charge in [0.2, 0.25) is 0 Å². The smallest absolute Gasteiger partial charge is 0.344 e. The van der Waals surface area contributed by atoms with Gasteiger partial charge < -0.3 is 57.5 Å². The minimum atomic E-state index is -0.596. The summed E-state index contributed by atoms with van der Waals surface area (Å²) in [4.78, 5) is 45.6. The van der Waals surface area contributed by atoms with Crippen LogP contribution in [0.2, 0.25) is 20.1 Å². The number of ether oxygens (including phenoxy) is 3. The fourth-order valence-corrected chi connectivity index (χ4v) is 12.7. The number of rotatable bonds is 10. The number of hydrogen-bond acceptors (Lipinski definition) is 14. The fourth-order valence-electron chi connectivity index (χ4n) is 10.4. The van der Waals surface area contributed by atoms with Crippen molar-refractivity contribution in [2.24, 2.45) is 0 Å². The van der Waals surface area contributed by atoms with Gasteiger partial charge in [0.05, 0.1) is 37.5 Å². The number of esters is 3. The summed E-state index contributed by atoms with van der Waals surface area (Å²) >= 11 is 27.0. The van der Waals surface area contributed by atoms with Crippen molar-refractivity contribution in [2.45, 2.75) is 125 Å². The lowest BCUT2D eigenvalue weighted by Gasteiger charge is -2.38. The Kier molecular flexibility index (Phi) is 14.0. The van der Waals surface area contributed by atoms with Gasteiger partial charge in [-0.1, -0.05) is 80.2 Å². The quantitative estimate of drug-likeness (QED) is 0.0787. The first-order valence-electron chi connectivity index (χ1n) is 22.9. The molecular weight excluding hydrogens is 1110 g/mol. The highest BCUT2D eigenvalue weighted by atomic mass is 127. The highest BCUT2D eigenvalue weighted by molar-refractivity contribution is 7.22. The third-order valence-electron chi connectivity index (χ3n) is 13.9. The molecule has 6 aliphatic rings. The van der Waals surface area contributed by atoms with Crippen LogP contribution in [0.15, 0.2) is 57.6 Å². The lowest BCUT2D eigenvalue weighted by Crippen LogP contribution is -3.00. The first-order valence-corrected chi connectivity index (χ1v) is 25.3. The molecule has 13 nitrogen and oxygen atoms in total. The van der Waals surface area contributed by atoms with E-state index in [1.54, 1.807) is 42.5 Å². The van der Waals surface area contributed by atoms with Crippen molar-refractivity contribution in [1.82, 2.24) is 20.6 Å². The van der Waals surface area contributed by atoms with Gasteiger partial charge in [0, 0.05) is 60.0 Å². The second kappa shape index (κ2) is 19.9. The van der Waals surface area contributed by atoms with Crippen molar-refractivity contribution in [3.63, 3.8) is 0 Å². The zero-order valence-corrected chi connectivity index (χ0v) is 43.0. The summed E-state index contributed by atoms with van der Waals surface area (Å²) in [6, 6.07) is 14.2. The number of aromatic nitrogens is 3. The van der Waals surface area contributed by atoms with E-state index in [1.165, 1.54) is 18.4 Å². The number of benzene rings is 3. The molecule has 6 atom stereocenters. The van der Waals surface area contributed by atoms with E-state index in [0.29, 0.717) is 100 Å². The lowest BCUT2D eigenvalue weighted by molar-refractivity contribution is -0.000128. The molecule has 2 aliphatic carbocycles. The van der Waals surface area contributed by atoms with Crippen molar-refractivity contribution < 1.29 is 66.0 Å². The molecule has 6 aromatic rings. The van der Waals surface area contributed by atoms with E-state index in [4.69, 9.17) is 69.7 Å². The monoisotopic (exact) mass is 1150 g/mol. The number of nitrogens with one attached hydrogen (secondary N) is 1. The number of thiazole rings is 1. The largest absolute Gasteiger partial charge is 1.00 e. The molecule has 0 radical (unpaired) electrons. The van der Waals surface area contributed by atoms with Crippen LogP contribution in [-0.2, 0) is 14.2 Å². The molecule has 2 unspecified atom stereocenters. The Labute approximate surface area is 437 Å². The Morgan fingerprint density at radius 1 is 0.696 bits per heavy atom. The average Bonchev–Trinajstić information content (AvgIpc) is 4.13. The van der Waals surface area contributed by atoms with Gasteiger partial charge in [-0.15, -0.1) is 0 Å². The van der Waals surface area contributed by atoms with Gasteiger partial charge in [-0.25, -0.2) is 23.8 Å². The summed E-state index contributed by atoms with van der Waals surface area (Å²) in [5.41, 5.74) is 2.72. The number of hydrogen-bond donors (Lipinski definition) is 1. The van der Waals surface area contributed by atoms with Gasteiger partial charge >= 0.3 is 17.9 Å². The normalized spacial score (nSPS) is 23.5. The molecular formula is C49H44Cl4FIN5O8S-. The number of carbonyl (C=O) groups is 3. The molecule has 4 bridgehead atoms. The first kappa shape index (κ1) is 48.6. The van der Waals surface area contributed by atoms with Crippen molar-refractivity contribution in [1.29, 1.82) is 0 Å². The predicted molar refractivity (Wildman–Crippen MR) is 255 cm³/mol. The van der Waals surface area contributed by atoms with E-state index in [2.05, 4.69) is 25.5 Å². The number of piperidine rings is 2. The minimum absolute atomic E-state index is 0. The number of fused-ring (bicyclic) bond motifs is 5. The molecule has 4 saturated heterocycles. The molecule has 6 fully saturated rings. The maximum atomic E-state index is 14.8. The van der Waals surface area contributed by atoms with Crippen LogP contribution in [0.4, 0.5) is 9.52 Å². The molecule has 1 N–H and O–H groups in total. The van der Waals surface area contributed by atoms with Gasteiger partial charge in [-0.05, 0) is 101 Å². The number of anilines is 1. The zero-order valence-electron chi connectivity index (χ0n) is 37.0. The van der Waals surface area contributed by atoms with Crippen LogP contribution < -0.4 is 34.2 Å². The molecule has 69 heavy (non-hydrogen) atoms. The Bertz CT molecular complexity index is 2910. The van der Waals surface area contributed by atoms with Gasteiger partial charge in [-0.3, -0.25) is 0 Å². The van der Waals surface area contributed by atoms with E-state index in [9.17, 15) is 18.8 Å². The lowest BCUT2D eigenvalue weighted by atomic mass is 9.99. The molecule has 3 aromatic carbocycles. The molecule has 20 heteroatoms. The van der Waals surface area contributed by atoms with Crippen molar-refractivity contribution >= 4 is 91.0 Å². The topological polar surface area (TPSA) is 159 Å². The van der Waals surface area contributed by atoms with Crippen molar-refractivity contribution in [3.8, 4) is 22.5 Å². The minimum Gasteiger partial charge on any atom is -1.00 e. The molecule has 0 spiro atoms. The number of carbonyl (C=O) groups excluding carboxylic acids is 3. The third-order valence-corrected chi connectivity index (χ3v) is 16.2. The van der Waals surface area contributed by atoms with Crippen LogP contribution in [-0.4, -0.2) is 76.7 Å². The number of halogens is 6. The van der Waals surface area contributed by atoms with Gasteiger partial charge in [0.1, 0.15) is 40.2 Å². The molecule has 4 aliphatic heterocycles. The maximum absolute atomic E-state index is 14.8. The standard InChI is InChI=1S/C29H24Cl2FN3O5S.C20H20Cl2N2O3.HI/c1-38-27(36)14-9-20(32)24-21(10-14)41-29(33-24)35-15-7-8-16(35)12-17(11-15)39-28(37)23-25(34-40-26(23)13-5-6-13)22-18(30)3-2-4-19(22)31;21-14-2-1-3-15(22)16(14)18-17(19(27-24-18)10-4-5-10)20(25)26-13-8-11-6-7-12(9-13)23-11;/h2-4,9-10,13,15-17H,5-8,11-12H2,1H3;1-3,10-13,23H,4-9H2;1H/p-1/t15-,16+,17?;11-,12+,13?;. The SMILES string of the molecule is COC(=O)c1cc(F)c2nc(N3[C@@H]4CC[C@H]3CC(OC(=O)c3c(-c5c(Cl)cccc5Cl)noc3C3CC3)C4)sc2c1.O=C(OC1C[C@H]2CC[C@@H](C1)N2)c1c(-c2c(Cl)cccc2Cl)noc1C1CC1.[I-]. The number of nitrogens with zero attached hydrogens (tertiary/aromatic N) is 4. The summed E-state index contributed by atoms with van der Waals surface area (Å²) in [5.74, 6) is -0.564. The molecule has 2 saturated carbocycles. The Morgan fingerprint density at radius 2 is 1.17 bits per heavy atom. The maximum Gasteiger partial charge on any atom is 0.344 e. The van der Waals surface area contributed by atoms with Gasteiger partial charge in [0.15, 0.2) is 22.5 Å². The van der Waals surface area contributed by atoms with Crippen LogP contribution >= 0.6 is 57.7 Å². The van der Waals surface area contributed by atoms with Gasteiger partial charge in [0.25, 0.3) is 0 Å². The molecule has 362 valence electrons. The first-order chi connectivity index (χ1) is 32.9. The van der Waals surface area contributed by atoms with E-state index in [-0.39, 0.29) is 77.2 Å². The zero-order chi connectivity index (χ0) is 47.0. The van der Waals surface area contributed by atoms with Crippen molar-refractivity contribution in [3.05, 3.63) is 103 Å². The van der Waals surface area contributed by atoms with E-state index < -0.39 is 17.8 Å².